The summed E-state index contributed by atoms with van der Waals surface area (Å²) in [6, 6.07) is 18.1. The maximum atomic E-state index is 14.1. The van der Waals surface area contributed by atoms with Crippen molar-refractivity contribution >= 4 is 39.2 Å². The van der Waals surface area contributed by atoms with Gasteiger partial charge in [0.2, 0.25) is 11.8 Å². The summed E-state index contributed by atoms with van der Waals surface area (Å²) in [5, 5.41) is 12.9. The van der Waals surface area contributed by atoms with Gasteiger partial charge in [0.1, 0.15) is 28.1 Å². The van der Waals surface area contributed by atoms with Gasteiger partial charge in [-0.25, -0.2) is 13.2 Å². The highest BCUT2D eigenvalue weighted by molar-refractivity contribution is 7.90. The molecule has 0 spiro atoms. The Labute approximate surface area is 287 Å². The first-order valence-corrected chi connectivity index (χ1v) is 18.8. The maximum absolute atomic E-state index is 14.1. The van der Waals surface area contributed by atoms with E-state index in [4.69, 9.17) is 0 Å². The van der Waals surface area contributed by atoms with E-state index in [1.165, 1.54) is 13.2 Å². The molecule has 3 unspecified atom stereocenters. The van der Waals surface area contributed by atoms with Gasteiger partial charge in [0.15, 0.2) is 0 Å². The van der Waals surface area contributed by atoms with Gasteiger partial charge < -0.3 is 15.3 Å². The summed E-state index contributed by atoms with van der Waals surface area (Å²) in [7, 11) is -3.10. The third-order valence-electron chi connectivity index (χ3n) is 9.70. The van der Waals surface area contributed by atoms with Gasteiger partial charge in [0.05, 0.1) is 0 Å². The molecule has 5 rings (SSSR count). The lowest BCUT2D eigenvalue weighted by molar-refractivity contribution is -0.144. The molecule has 2 aliphatic rings. The number of sulfone groups is 1. The second-order valence-electron chi connectivity index (χ2n) is 13.3. The van der Waals surface area contributed by atoms with E-state index in [1.807, 2.05) is 36.4 Å². The van der Waals surface area contributed by atoms with Crippen molar-refractivity contribution in [2.24, 2.45) is 5.41 Å². The zero-order valence-electron chi connectivity index (χ0n) is 28.0. The van der Waals surface area contributed by atoms with Crippen LogP contribution >= 0.6 is 0 Å². The summed E-state index contributed by atoms with van der Waals surface area (Å²) in [6.45, 7) is 1.46. The topological polar surface area (TPSA) is 154 Å². The molecule has 2 fully saturated rings. The van der Waals surface area contributed by atoms with Crippen molar-refractivity contribution in [3.63, 3.8) is 0 Å². The maximum Gasteiger partial charge on any atom is 0.326 e. The SMILES string of the molecule is CC(=O)N1C(Cc2cccnc2)C(=O)N(c2ccc(CC(NC(=O)C3(CCCCS(C)(=O)=O)CCCC3)C(=O)O)cc2)C1c1ccccc1. The quantitative estimate of drug-likeness (QED) is 0.235. The molecule has 3 aromatic rings. The molecule has 49 heavy (non-hydrogen) atoms. The Balaban J connectivity index is 1.35. The van der Waals surface area contributed by atoms with E-state index in [1.54, 1.807) is 52.5 Å². The van der Waals surface area contributed by atoms with Crippen molar-refractivity contribution in [1.29, 1.82) is 0 Å². The van der Waals surface area contributed by atoms with Crippen molar-refractivity contribution in [2.45, 2.75) is 83.0 Å². The minimum Gasteiger partial charge on any atom is -0.480 e. The number of pyridine rings is 1. The molecule has 2 heterocycles. The first-order chi connectivity index (χ1) is 23.4. The average molecular weight is 689 g/mol. The molecular weight excluding hydrogens is 644 g/mol. The number of aliphatic carboxylic acids is 1. The van der Waals surface area contributed by atoms with Crippen molar-refractivity contribution in [1.82, 2.24) is 15.2 Å². The number of nitrogens with zero attached hydrogens (tertiary/aromatic N) is 3. The Morgan fingerprint density at radius 3 is 2.27 bits per heavy atom. The van der Waals surface area contributed by atoms with E-state index >= 15 is 0 Å². The summed E-state index contributed by atoms with van der Waals surface area (Å²) < 4.78 is 23.1. The summed E-state index contributed by atoms with van der Waals surface area (Å²) in [4.78, 5) is 60.6. The van der Waals surface area contributed by atoms with Crippen molar-refractivity contribution < 1.29 is 32.7 Å². The van der Waals surface area contributed by atoms with Crippen LogP contribution in [0.5, 0.6) is 0 Å². The predicted octanol–water partition coefficient (Wildman–Crippen LogP) is 4.47. The standard InChI is InChI=1S/C37H44N4O7S/c1-26(42)40-32(24-28-11-10-21-38-25-28)34(43)41(33(40)29-12-4-3-5-13-29)30-16-14-27(15-17-30)23-31(35(44)45)39-36(46)37(18-6-7-19-37)20-8-9-22-49(2,47)48/h3-5,10-17,21,25,31-33H,6-9,18-20,22-24H2,1-2H3,(H,39,46)(H,44,45). The van der Waals surface area contributed by atoms with Gasteiger partial charge in [-0.2, -0.15) is 0 Å². The van der Waals surface area contributed by atoms with Crippen LogP contribution in [-0.4, -0.2) is 71.2 Å². The summed E-state index contributed by atoms with van der Waals surface area (Å²) in [5.41, 5.74) is 2.11. The average Bonchev–Trinajstić information content (AvgIpc) is 3.67. The number of amides is 3. The van der Waals surface area contributed by atoms with Gasteiger partial charge in [-0.1, -0.05) is 67.8 Å². The normalized spacial score (nSPS) is 19.5. The van der Waals surface area contributed by atoms with Crippen LogP contribution in [0.3, 0.4) is 0 Å². The van der Waals surface area contributed by atoms with Gasteiger partial charge in [-0.05, 0) is 60.6 Å². The lowest BCUT2D eigenvalue weighted by atomic mass is 9.80. The fourth-order valence-corrected chi connectivity index (χ4v) is 7.96. The number of hydrogen-bond donors (Lipinski definition) is 2. The number of carbonyl (C=O) groups excluding carboxylic acids is 3. The molecule has 1 aliphatic heterocycles. The fourth-order valence-electron chi connectivity index (χ4n) is 7.23. The Bertz CT molecular complexity index is 1740. The molecule has 3 amide bonds. The van der Waals surface area contributed by atoms with E-state index in [0.717, 1.165) is 24.0 Å². The molecule has 2 aromatic carbocycles. The van der Waals surface area contributed by atoms with Gasteiger partial charge >= 0.3 is 5.97 Å². The lowest BCUT2D eigenvalue weighted by Crippen LogP contribution is -2.48. The molecule has 1 aromatic heterocycles. The number of hydrogen-bond acceptors (Lipinski definition) is 7. The molecule has 1 aliphatic carbocycles. The predicted molar refractivity (Wildman–Crippen MR) is 185 cm³/mol. The van der Waals surface area contributed by atoms with Gasteiger partial charge in [-0.3, -0.25) is 24.3 Å². The first-order valence-electron chi connectivity index (χ1n) is 16.7. The van der Waals surface area contributed by atoms with E-state index < -0.39 is 39.5 Å². The van der Waals surface area contributed by atoms with Crippen LogP contribution in [0, 0.1) is 5.41 Å². The summed E-state index contributed by atoms with van der Waals surface area (Å²) in [5.74, 6) is -1.88. The van der Waals surface area contributed by atoms with Crippen molar-refractivity contribution in [3.05, 3.63) is 95.8 Å². The number of unbranched alkanes of at least 4 members (excludes halogenated alkanes) is 1. The monoisotopic (exact) mass is 688 g/mol. The fraction of sp³-hybridized carbons (Fsp3) is 0.432. The van der Waals surface area contributed by atoms with Gasteiger partial charge in [0, 0.05) is 55.3 Å². The Hall–Kier alpha value is -4.58. The van der Waals surface area contributed by atoms with Crippen molar-refractivity contribution in [2.75, 3.05) is 16.9 Å². The molecule has 12 heteroatoms. The molecule has 0 bridgehead atoms. The molecule has 11 nitrogen and oxygen atoms in total. The molecule has 1 saturated heterocycles. The minimum atomic E-state index is -3.10. The van der Waals surface area contributed by atoms with Crippen LogP contribution in [0.1, 0.15) is 74.7 Å². The van der Waals surface area contributed by atoms with Gasteiger partial charge in [0.25, 0.3) is 5.91 Å². The number of aromatic nitrogens is 1. The zero-order valence-corrected chi connectivity index (χ0v) is 28.8. The zero-order chi connectivity index (χ0) is 35.2. The number of carbonyl (C=O) groups is 4. The van der Waals surface area contributed by atoms with Crippen molar-refractivity contribution in [3.8, 4) is 0 Å². The van der Waals surface area contributed by atoms with E-state index in [-0.39, 0.29) is 29.9 Å². The van der Waals surface area contributed by atoms with E-state index in [0.29, 0.717) is 49.8 Å². The van der Waals surface area contributed by atoms with Crippen LogP contribution in [0.25, 0.3) is 0 Å². The largest absolute Gasteiger partial charge is 0.480 e. The number of rotatable bonds is 14. The minimum absolute atomic E-state index is 0.0325. The number of carboxylic acids is 1. The van der Waals surface area contributed by atoms with Crippen LogP contribution in [0.4, 0.5) is 5.69 Å². The van der Waals surface area contributed by atoms with Crippen LogP contribution < -0.4 is 10.2 Å². The number of benzene rings is 2. The molecule has 0 radical (unpaired) electrons. The van der Waals surface area contributed by atoms with E-state index in [2.05, 4.69) is 10.3 Å². The molecule has 3 atom stereocenters. The lowest BCUT2D eigenvalue weighted by Gasteiger charge is -2.31. The number of anilines is 1. The molecule has 2 N–H and O–H groups in total. The van der Waals surface area contributed by atoms with Crippen LogP contribution in [0.2, 0.25) is 0 Å². The third kappa shape index (κ3) is 8.54. The highest BCUT2D eigenvalue weighted by atomic mass is 32.2. The molecular formula is C37H44N4O7S. The summed E-state index contributed by atoms with van der Waals surface area (Å²) in [6.07, 6.45) is 8.73. The first kappa shape index (κ1) is 35.7. The van der Waals surface area contributed by atoms with Crippen LogP contribution in [0.15, 0.2) is 79.1 Å². The highest BCUT2D eigenvalue weighted by Gasteiger charge is 2.49. The number of nitrogens with one attached hydrogen (secondary N) is 1. The van der Waals surface area contributed by atoms with Gasteiger partial charge in [-0.15, -0.1) is 0 Å². The highest BCUT2D eigenvalue weighted by Crippen LogP contribution is 2.43. The van der Waals surface area contributed by atoms with E-state index in [9.17, 15) is 32.7 Å². The smallest absolute Gasteiger partial charge is 0.326 e. The Morgan fingerprint density at radius 1 is 0.980 bits per heavy atom. The summed E-state index contributed by atoms with van der Waals surface area (Å²) >= 11 is 0. The molecule has 260 valence electrons. The second-order valence-corrected chi connectivity index (χ2v) is 15.6. The second kappa shape index (κ2) is 15.3. The third-order valence-corrected chi connectivity index (χ3v) is 10.7. The Morgan fingerprint density at radius 2 is 1.67 bits per heavy atom. The molecule has 1 saturated carbocycles. The Kier molecular flexibility index (Phi) is 11.2. The van der Waals surface area contributed by atoms with Crippen LogP contribution in [-0.2, 0) is 41.9 Å². The number of carboxylic acid groups (broad SMARTS) is 1.